The van der Waals surface area contributed by atoms with Gasteiger partial charge in [-0.2, -0.15) is 0 Å². The number of aryl methyl sites for hydroxylation is 2. The highest BCUT2D eigenvalue weighted by molar-refractivity contribution is 7.09. The van der Waals surface area contributed by atoms with Crippen molar-refractivity contribution in [3.8, 4) is 5.75 Å². The SMILES string of the molecule is Cc1nc(CCN2CCC(Oc3ccccc3C)CC2)cs1. The Kier molecular flexibility index (Phi) is 5.11. The molecule has 0 spiro atoms. The van der Waals surface area contributed by atoms with E-state index < -0.39 is 0 Å². The number of para-hydroxylation sites is 1. The fourth-order valence-electron chi connectivity index (χ4n) is 2.91. The van der Waals surface area contributed by atoms with E-state index in [0.29, 0.717) is 6.10 Å². The average Bonchev–Trinajstić information content (AvgIpc) is 2.94. The number of likely N-dealkylation sites (tertiary alicyclic amines) is 1. The maximum Gasteiger partial charge on any atom is 0.122 e. The summed E-state index contributed by atoms with van der Waals surface area (Å²) < 4.78 is 6.16. The number of rotatable bonds is 5. The van der Waals surface area contributed by atoms with Gasteiger partial charge >= 0.3 is 0 Å². The van der Waals surface area contributed by atoms with Crippen LogP contribution in [0.2, 0.25) is 0 Å². The van der Waals surface area contributed by atoms with Gasteiger partial charge in [-0.05, 0) is 38.3 Å². The highest BCUT2D eigenvalue weighted by atomic mass is 32.1. The first kappa shape index (κ1) is 15.5. The molecule has 22 heavy (non-hydrogen) atoms. The van der Waals surface area contributed by atoms with Gasteiger partial charge in [0.25, 0.3) is 0 Å². The topological polar surface area (TPSA) is 25.4 Å². The van der Waals surface area contributed by atoms with Gasteiger partial charge in [-0.3, -0.25) is 0 Å². The number of aromatic nitrogens is 1. The summed E-state index contributed by atoms with van der Waals surface area (Å²) in [6.07, 6.45) is 3.65. The fraction of sp³-hybridized carbons (Fsp3) is 0.500. The lowest BCUT2D eigenvalue weighted by molar-refractivity contribution is 0.101. The smallest absolute Gasteiger partial charge is 0.122 e. The van der Waals surface area contributed by atoms with E-state index in [-0.39, 0.29) is 0 Å². The standard InChI is InChI=1S/C18H24N2OS/c1-14-5-3-4-6-18(14)21-17-8-11-20(12-9-17)10-7-16-13-22-15(2)19-16/h3-6,13,17H,7-12H2,1-2H3. The molecule has 1 aromatic heterocycles. The lowest BCUT2D eigenvalue weighted by Gasteiger charge is -2.32. The third kappa shape index (κ3) is 4.08. The zero-order valence-electron chi connectivity index (χ0n) is 13.4. The van der Waals surface area contributed by atoms with E-state index >= 15 is 0 Å². The van der Waals surface area contributed by atoms with Gasteiger partial charge in [-0.25, -0.2) is 4.98 Å². The summed E-state index contributed by atoms with van der Waals surface area (Å²) in [5.74, 6) is 1.04. The number of nitrogens with zero attached hydrogens (tertiary/aromatic N) is 2. The van der Waals surface area contributed by atoms with Gasteiger partial charge < -0.3 is 9.64 Å². The molecule has 0 N–H and O–H groups in total. The molecular weight excluding hydrogens is 292 g/mol. The van der Waals surface area contributed by atoms with E-state index in [1.54, 1.807) is 11.3 Å². The van der Waals surface area contributed by atoms with Crippen molar-refractivity contribution >= 4 is 11.3 Å². The summed E-state index contributed by atoms with van der Waals surface area (Å²) >= 11 is 1.74. The van der Waals surface area contributed by atoms with Gasteiger partial charge in [0.1, 0.15) is 11.9 Å². The minimum atomic E-state index is 0.360. The van der Waals surface area contributed by atoms with E-state index in [2.05, 4.69) is 47.3 Å². The quantitative estimate of drug-likeness (QED) is 0.838. The molecule has 1 fully saturated rings. The molecule has 4 heteroatoms. The molecule has 0 aliphatic carbocycles. The normalized spacial score (nSPS) is 16.8. The molecular formula is C18H24N2OS. The maximum absolute atomic E-state index is 6.16. The highest BCUT2D eigenvalue weighted by Gasteiger charge is 2.20. The summed E-state index contributed by atoms with van der Waals surface area (Å²) in [7, 11) is 0. The minimum absolute atomic E-state index is 0.360. The van der Waals surface area contributed by atoms with E-state index in [4.69, 9.17) is 4.74 Å². The van der Waals surface area contributed by atoms with Gasteiger partial charge in [0.15, 0.2) is 0 Å². The van der Waals surface area contributed by atoms with Crippen molar-refractivity contribution in [1.82, 2.24) is 9.88 Å². The third-order valence-corrected chi connectivity index (χ3v) is 5.09. The Hall–Kier alpha value is -1.39. The summed E-state index contributed by atoms with van der Waals surface area (Å²) in [6, 6.07) is 8.30. The molecule has 1 saturated heterocycles. The van der Waals surface area contributed by atoms with Crippen molar-refractivity contribution in [2.45, 2.75) is 39.2 Å². The first-order valence-electron chi connectivity index (χ1n) is 8.06. The van der Waals surface area contributed by atoms with Crippen LogP contribution in [0.25, 0.3) is 0 Å². The zero-order valence-corrected chi connectivity index (χ0v) is 14.2. The Morgan fingerprint density at radius 3 is 2.68 bits per heavy atom. The van der Waals surface area contributed by atoms with Crippen LogP contribution in [-0.4, -0.2) is 35.6 Å². The van der Waals surface area contributed by atoms with Crippen molar-refractivity contribution in [2.24, 2.45) is 0 Å². The van der Waals surface area contributed by atoms with Gasteiger partial charge in [0, 0.05) is 31.4 Å². The zero-order chi connectivity index (χ0) is 15.4. The molecule has 2 aromatic rings. The second kappa shape index (κ2) is 7.25. The van der Waals surface area contributed by atoms with E-state index in [1.165, 1.54) is 16.3 Å². The highest BCUT2D eigenvalue weighted by Crippen LogP contribution is 2.22. The summed E-state index contributed by atoms with van der Waals surface area (Å²) in [4.78, 5) is 7.08. The fourth-order valence-corrected chi connectivity index (χ4v) is 3.56. The maximum atomic E-state index is 6.16. The van der Waals surface area contributed by atoms with Crippen molar-refractivity contribution in [3.05, 3.63) is 45.9 Å². The van der Waals surface area contributed by atoms with Gasteiger partial charge in [0.2, 0.25) is 0 Å². The molecule has 1 aromatic carbocycles. The number of ether oxygens (including phenoxy) is 1. The molecule has 2 heterocycles. The molecule has 3 rings (SSSR count). The van der Waals surface area contributed by atoms with Gasteiger partial charge in [-0.15, -0.1) is 11.3 Å². The Bertz CT molecular complexity index is 603. The number of benzene rings is 1. The largest absolute Gasteiger partial charge is 0.490 e. The van der Waals surface area contributed by atoms with Crippen molar-refractivity contribution < 1.29 is 4.74 Å². The van der Waals surface area contributed by atoms with Crippen molar-refractivity contribution in [1.29, 1.82) is 0 Å². The van der Waals surface area contributed by atoms with Crippen LogP contribution < -0.4 is 4.74 Å². The van der Waals surface area contributed by atoms with Crippen LogP contribution in [0, 0.1) is 13.8 Å². The Balaban J connectivity index is 1.43. The first-order chi connectivity index (χ1) is 10.7. The predicted octanol–water partition coefficient (Wildman–Crippen LogP) is 3.85. The Morgan fingerprint density at radius 2 is 2.00 bits per heavy atom. The molecule has 0 atom stereocenters. The molecule has 3 nitrogen and oxygen atoms in total. The lowest BCUT2D eigenvalue weighted by atomic mass is 10.1. The van der Waals surface area contributed by atoms with Crippen LogP contribution in [0.1, 0.15) is 29.1 Å². The molecule has 0 saturated carbocycles. The summed E-state index contributed by atoms with van der Waals surface area (Å²) in [5, 5.41) is 3.35. The second-order valence-corrected chi connectivity index (χ2v) is 7.09. The number of piperidine rings is 1. The number of thiazole rings is 1. The summed E-state index contributed by atoms with van der Waals surface area (Å²) in [5.41, 5.74) is 2.46. The average molecular weight is 316 g/mol. The molecule has 118 valence electrons. The van der Waals surface area contributed by atoms with Crippen molar-refractivity contribution in [3.63, 3.8) is 0 Å². The predicted molar refractivity (Wildman–Crippen MR) is 91.8 cm³/mol. The van der Waals surface area contributed by atoms with Crippen LogP contribution in [0.5, 0.6) is 5.75 Å². The lowest BCUT2D eigenvalue weighted by Crippen LogP contribution is -2.39. The van der Waals surface area contributed by atoms with E-state index in [0.717, 1.165) is 44.6 Å². The molecule has 0 amide bonds. The molecule has 0 radical (unpaired) electrons. The van der Waals surface area contributed by atoms with E-state index in [1.807, 2.05) is 6.07 Å². The van der Waals surface area contributed by atoms with Gasteiger partial charge in [0.05, 0.1) is 10.7 Å². The minimum Gasteiger partial charge on any atom is -0.490 e. The van der Waals surface area contributed by atoms with Crippen molar-refractivity contribution in [2.75, 3.05) is 19.6 Å². The van der Waals surface area contributed by atoms with Gasteiger partial charge in [-0.1, -0.05) is 18.2 Å². The molecule has 1 aliphatic rings. The second-order valence-electron chi connectivity index (χ2n) is 6.03. The van der Waals surface area contributed by atoms with Crippen LogP contribution in [0.4, 0.5) is 0 Å². The Morgan fingerprint density at radius 1 is 1.23 bits per heavy atom. The monoisotopic (exact) mass is 316 g/mol. The van der Waals surface area contributed by atoms with Crippen LogP contribution in [0.15, 0.2) is 29.6 Å². The molecule has 0 unspecified atom stereocenters. The van der Waals surface area contributed by atoms with E-state index in [9.17, 15) is 0 Å². The van der Waals surface area contributed by atoms with Crippen LogP contribution in [0.3, 0.4) is 0 Å². The third-order valence-electron chi connectivity index (χ3n) is 4.27. The molecule has 0 bridgehead atoms. The first-order valence-corrected chi connectivity index (χ1v) is 8.94. The van der Waals surface area contributed by atoms with Crippen LogP contribution in [-0.2, 0) is 6.42 Å². The Labute approximate surface area is 137 Å². The summed E-state index contributed by atoms with van der Waals surface area (Å²) in [6.45, 7) is 7.54. The molecule has 1 aliphatic heterocycles. The number of hydrogen-bond donors (Lipinski definition) is 0. The van der Waals surface area contributed by atoms with Crippen LogP contribution >= 0.6 is 11.3 Å². The number of hydrogen-bond acceptors (Lipinski definition) is 4.